The molecule has 30 heavy (non-hydrogen) atoms. The maximum atomic E-state index is 12.1. The number of hydrogen-bond acceptors (Lipinski definition) is 6. The molecule has 2 rings (SSSR count). The van der Waals surface area contributed by atoms with Crippen molar-refractivity contribution < 1.29 is 29.3 Å². The SMILES string of the molecule is COc1cc(C=NNC(=O)c2ccc(O)c(Cl)c2)cc(C#CCCC(=O)O)c1OC. The van der Waals surface area contributed by atoms with Gasteiger partial charge in [-0.2, -0.15) is 5.10 Å². The van der Waals surface area contributed by atoms with Crippen molar-refractivity contribution in [2.45, 2.75) is 12.8 Å². The number of phenolic OH excluding ortho intramolecular Hbond substituents is 1. The molecule has 0 heterocycles. The largest absolute Gasteiger partial charge is 0.506 e. The fourth-order valence-corrected chi connectivity index (χ4v) is 2.54. The maximum Gasteiger partial charge on any atom is 0.304 e. The second-order valence-corrected chi connectivity index (χ2v) is 6.27. The first kappa shape index (κ1) is 22.6. The van der Waals surface area contributed by atoms with Crippen molar-refractivity contribution in [2.75, 3.05) is 14.2 Å². The molecular weight excluding hydrogens is 412 g/mol. The van der Waals surface area contributed by atoms with E-state index in [1.54, 1.807) is 12.1 Å². The van der Waals surface area contributed by atoms with Crippen LogP contribution in [0, 0.1) is 11.8 Å². The molecule has 8 nitrogen and oxygen atoms in total. The zero-order chi connectivity index (χ0) is 22.1. The van der Waals surface area contributed by atoms with Crippen molar-refractivity contribution in [3.05, 3.63) is 52.0 Å². The highest BCUT2D eigenvalue weighted by Gasteiger charge is 2.11. The van der Waals surface area contributed by atoms with Crippen molar-refractivity contribution >= 4 is 29.7 Å². The number of carbonyl (C=O) groups excluding carboxylic acids is 1. The molecule has 0 fully saturated rings. The van der Waals surface area contributed by atoms with E-state index in [4.69, 9.17) is 26.2 Å². The summed E-state index contributed by atoms with van der Waals surface area (Å²) in [5, 5.41) is 22.1. The lowest BCUT2D eigenvalue weighted by Crippen LogP contribution is -2.17. The van der Waals surface area contributed by atoms with E-state index in [9.17, 15) is 14.7 Å². The van der Waals surface area contributed by atoms with Crippen molar-refractivity contribution in [2.24, 2.45) is 5.10 Å². The molecule has 0 aromatic heterocycles. The fourth-order valence-electron chi connectivity index (χ4n) is 2.36. The van der Waals surface area contributed by atoms with Crippen LogP contribution in [0.15, 0.2) is 35.4 Å². The van der Waals surface area contributed by atoms with Crippen LogP contribution in [0.3, 0.4) is 0 Å². The van der Waals surface area contributed by atoms with Crippen LogP contribution in [0.1, 0.15) is 34.3 Å². The molecule has 0 aliphatic carbocycles. The number of aliphatic carboxylic acids is 1. The number of rotatable bonds is 7. The lowest BCUT2D eigenvalue weighted by molar-refractivity contribution is -0.136. The number of hydrogen-bond donors (Lipinski definition) is 3. The molecule has 0 aliphatic rings. The Balaban J connectivity index is 2.21. The first-order valence-electron chi connectivity index (χ1n) is 8.64. The minimum Gasteiger partial charge on any atom is -0.506 e. The van der Waals surface area contributed by atoms with E-state index in [1.807, 2.05) is 0 Å². The molecular formula is C21H19ClN2O6. The van der Waals surface area contributed by atoms with Gasteiger partial charge in [0.2, 0.25) is 0 Å². The first-order valence-corrected chi connectivity index (χ1v) is 9.02. The second-order valence-electron chi connectivity index (χ2n) is 5.86. The molecule has 1 amide bonds. The Bertz CT molecular complexity index is 1040. The Morgan fingerprint density at radius 3 is 2.63 bits per heavy atom. The molecule has 0 aliphatic heterocycles. The lowest BCUT2D eigenvalue weighted by Gasteiger charge is -2.10. The van der Waals surface area contributed by atoms with Crippen molar-refractivity contribution in [3.8, 4) is 29.1 Å². The summed E-state index contributed by atoms with van der Waals surface area (Å²) in [5.74, 6) is 4.88. The average Bonchev–Trinajstić information content (AvgIpc) is 2.72. The quantitative estimate of drug-likeness (QED) is 0.353. The molecule has 0 unspecified atom stereocenters. The molecule has 9 heteroatoms. The Kier molecular flexibility index (Phi) is 8.08. The summed E-state index contributed by atoms with van der Waals surface area (Å²) < 4.78 is 10.6. The predicted molar refractivity (Wildman–Crippen MR) is 111 cm³/mol. The van der Waals surface area contributed by atoms with E-state index >= 15 is 0 Å². The van der Waals surface area contributed by atoms with Crippen molar-refractivity contribution in [3.63, 3.8) is 0 Å². The molecule has 2 aromatic carbocycles. The molecule has 0 saturated carbocycles. The van der Waals surface area contributed by atoms with Crippen LogP contribution in [0.5, 0.6) is 17.2 Å². The monoisotopic (exact) mass is 430 g/mol. The molecule has 0 bridgehead atoms. The van der Waals surface area contributed by atoms with Crippen molar-refractivity contribution in [1.29, 1.82) is 0 Å². The Morgan fingerprint density at radius 2 is 2.00 bits per heavy atom. The molecule has 0 saturated heterocycles. The van der Waals surface area contributed by atoms with Gasteiger partial charge in [-0.1, -0.05) is 23.4 Å². The summed E-state index contributed by atoms with van der Waals surface area (Å²) in [7, 11) is 2.94. The molecule has 156 valence electrons. The van der Waals surface area contributed by atoms with Gasteiger partial charge in [0.25, 0.3) is 5.91 Å². The molecule has 0 spiro atoms. The molecule has 0 radical (unpaired) electrons. The standard InChI is InChI=1S/C21H19ClN2O6/c1-29-18-10-13(9-14(20(18)30-2)5-3-4-6-19(26)27)12-23-24-21(28)15-7-8-17(25)16(22)11-15/h7-12,25H,4,6H2,1-2H3,(H,24,28)(H,26,27). The zero-order valence-electron chi connectivity index (χ0n) is 16.2. The van der Waals surface area contributed by atoms with Gasteiger partial charge >= 0.3 is 5.97 Å². The molecule has 0 atom stereocenters. The third-order valence-corrected chi connectivity index (χ3v) is 4.08. The normalized spacial score (nSPS) is 10.2. The number of nitrogens with zero attached hydrogens (tertiary/aromatic N) is 1. The number of nitrogens with one attached hydrogen (secondary N) is 1. The number of methoxy groups -OCH3 is 2. The van der Waals surface area contributed by atoms with Gasteiger partial charge in [0.05, 0.1) is 37.4 Å². The topological polar surface area (TPSA) is 117 Å². The van der Waals surface area contributed by atoms with Crippen LogP contribution in [0.25, 0.3) is 0 Å². The summed E-state index contributed by atoms with van der Waals surface area (Å²) in [6.07, 6.45) is 1.51. The van der Waals surface area contributed by atoms with Gasteiger partial charge in [-0.25, -0.2) is 5.43 Å². The smallest absolute Gasteiger partial charge is 0.304 e. The number of phenols is 1. The summed E-state index contributed by atoms with van der Waals surface area (Å²) in [6, 6.07) is 7.36. The Hall–Kier alpha value is -3.70. The third-order valence-electron chi connectivity index (χ3n) is 3.78. The summed E-state index contributed by atoms with van der Waals surface area (Å²) in [4.78, 5) is 22.8. The van der Waals surface area contributed by atoms with Gasteiger partial charge in [-0.05, 0) is 35.9 Å². The van der Waals surface area contributed by atoms with Crippen LogP contribution >= 0.6 is 11.6 Å². The van der Waals surface area contributed by atoms with Crippen LogP contribution in [0.4, 0.5) is 0 Å². The lowest BCUT2D eigenvalue weighted by atomic mass is 10.1. The number of carboxylic acid groups (broad SMARTS) is 1. The fraction of sp³-hybridized carbons (Fsp3) is 0.190. The number of aromatic hydroxyl groups is 1. The average molecular weight is 431 g/mol. The molecule has 2 aromatic rings. The van der Waals surface area contributed by atoms with E-state index in [2.05, 4.69) is 22.4 Å². The minimum atomic E-state index is -0.930. The van der Waals surface area contributed by atoms with E-state index in [0.717, 1.165) is 0 Å². The molecule has 3 N–H and O–H groups in total. The first-order chi connectivity index (χ1) is 14.3. The van der Waals surface area contributed by atoms with E-state index in [1.165, 1.54) is 38.6 Å². The highest BCUT2D eigenvalue weighted by molar-refractivity contribution is 6.32. The van der Waals surface area contributed by atoms with Gasteiger partial charge in [0.1, 0.15) is 5.75 Å². The van der Waals surface area contributed by atoms with Gasteiger partial charge < -0.3 is 19.7 Å². The number of amides is 1. The van der Waals surface area contributed by atoms with Crippen LogP contribution in [-0.2, 0) is 4.79 Å². The van der Waals surface area contributed by atoms with Crippen LogP contribution in [-0.4, -0.2) is 42.5 Å². The second kappa shape index (κ2) is 10.7. The number of carbonyl (C=O) groups is 2. The highest BCUT2D eigenvalue weighted by atomic mass is 35.5. The van der Waals surface area contributed by atoms with E-state index < -0.39 is 11.9 Å². The van der Waals surface area contributed by atoms with Gasteiger partial charge in [0.15, 0.2) is 11.5 Å². The Morgan fingerprint density at radius 1 is 1.23 bits per heavy atom. The summed E-state index contributed by atoms with van der Waals surface area (Å²) in [6.45, 7) is 0. The number of halogens is 1. The maximum absolute atomic E-state index is 12.1. The number of carboxylic acids is 1. The van der Waals surface area contributed by atoms with Gasteiger partial charge in [0, 0.05) is 12.0 Å². The number of ether oxygens (including phenoxy) is 2. The van der Waals surface area contributed by atoms with Crippen molar-refractivity contribution in [1.82, 2.24) is 5.43 Å². The van der Waals surface area contributed by atoms with E-state index in [0.29, 0.717) is 22.6 Å². The predicted octanol–water partition coefficient (Wildman–Crippen LogP) is 3.04. The minimum absolute atomic E-state index is 0.0534. The third kappa shape index (κ3) is 6.15. The zero-order valence-corrected chi connectivity index (χ0v) is 17.0. The van der Waals surface area contributed by atoms with Gasteiger partial charge in [-0.15, -0.1) is 0 Å². The van der Waals surface area contributed by atoms with E-state index in [-0.39, 0.29) is 29.2 Å². The van der Waals surface area contributed by atoms with Gasteiger partial charge in [-0.3, -0.25) is 9.59 Å². The van der Waals surface area contributed by atoms with Crippen LogP contribution in [0.2, 0.25) is 5.02 Å². The van der Waals surface area contributed by atoms with Crippen LogP contribution < -0.4 is 14.9 Å². The summed E-state index contributed by atoms with van der Waals surface area (Å²) >= 11 is 5.80. The number of hydrazone groups is 1. The summed E-state index contributed by atoms with van der Waals surface area (Å²) in [5.41, 5.74) is 3.65. The Labute approximate surface area is 178 Å². The number of benzene rings is 2. The highest BCUT2D eigenvalue weighted by Crippen LogP contribution is 2.31.